The minimum absolute atomic E-state index is 0.113. The van der Waals surface area contributed by atoms with E-state index < -0.39 is 0 Å². The predicted octanol–water partition coefficient (Wildman–Crippen LogP) is 1.65. The van der Waals surface area contributed by atoms with E-state index in [0.29, 0.717) is 24.2 Å². The zero-order chi connectivity index (χ0) is 11.5. The molecule has 1 aliphatic rings. The van der Waals surface area contributed by atoms with Crippen molar-refractivity contribution in [2.24, 2.45) is 11.3 Å². The number of aliphatic hydroxyl groups is 1. The van der Waals surface area contributed by atoms with Crippen molar-refractivity contribution in [2.75, 3.05) is 19.7 Å². The molecule has 1 fully saturated rings. The Hall–Kier alpha value is -0.570. The number of likely N-dealkylation sites (tertiary alicyclic amines) is 1. The Labute approximate surface area is 92.5 Å². The van der Waals surface area contributed by atoms with Gasteiger partial charge in [-0.05, 0) is 24.2 Å². The summed E-state index contributed by atoms with van der Waals surface area (Å²) in [6.45, 7) is 8.61. The molecule has 0 bridgehead atoms. The fraction of sp³-hybridized carbons (Fsp3) is 0.917. The Morgan fingerprint density at radius 2 is 2.13 bits per heavy atom. The van der Waals surface area contributed by atoms with E-state index in [2.05, 4.69) is 20.8 Å². The van der Waals surface area contributed by atoms with Crippen LogP contribution in [0.5, 0.6) is 0 Å². The van der Waals surface area contributed by atoms with Gasteiger partial charge >= 0.3 is 0 Å². The van der Waals surface area contributed by atoms with Gasteiger partial charge in [-0.25, -0.2) is 0 Å². The molecule has 0 saturated carbocycles. The second-order valence-electron chi connectivity index (χ2n) is 5.52. The lowest BCUT2D eigenvalue weighted by atomic mass is 9.80. The number of nitrogens with zero attached hydrogens (tertiary/aromatic N) is 1. The lowest BCUT2D eigenvalue weighted by Gasteiger charge is -2.26. The van der Waals surface area contributed by atoms with Gasteiger partial charge < -0.3 is 10.0 Å². The molecule has 1 saturated heterocycles. The molecule has 1 rings (SSSR count). The van der Waals surface area contributed by atoms with Crippen LogP contribution in [0.1, 0.15) is 40.0 Å². The molecule has 0 aromatic carbocycles. The van der Waals surface area contributed by atoms with Crippen molar-refractivity contribution >= 4 is 5.91 Å². The highest BCUT2D eigenvalue weighted by Gasteiger charge is 2.33. The first kappa shape index (κ1) is 12.5. The van der Waals surface area contributed by atoms with Crippen LogP contribution in [0.4, 0.5) is 0 Å². The third-order valence-electron chi connectivity index (χ3n) is 3.31. The van der Waals surface area contributed by atoms with E-state index in [4.69, 9.17) is 5.11 Å². The summed E-state index contributed by atoms with van der Waals surface area (Å²) >= 11 is 0. The summed E-state index contributed by atoms with van der Waals surface area (Å²) in [5.41, 5.74) is 0.298. The molecule has 0 spiro atoms. The monoisotopic (exact) mass is 213 g/mol. The van der Waals surface area contributed by atoms with Gasteiger partial charge in [0.15, 0.2) is 0 Å². The fourth-order valence-corrected chi connectivity index (χ4v) is 2.08. The highest BCUT2D eigenvalue weighted by Crippen LogP contribution is 2.33. The fourth-order valence-electron chi connectivity index (χ4n) is 2.08. The first-order chi connectivity index (χ1) is 6.95. The van der Waals surface area contributed by atoms with E-state index in [1.807, 2.05) is 4.90 Å². The summed E-state index contributed by atoms with van der Waals surface area (Å²) in [6.07, 6.45) is 2.21. The third-order valence-corrected chi connectivity index (χ3v) is 3.31. The molecule has 0 aromatic rings. The largest absolute Gasteiger partial charge is 0.396 e. The average Bonchev–Trinajstić information content (AvgIpc) is 2.62. The molecule has 1 atom stereocenters. The molecule has 1 N–H and O–H groups in total. The molecule has 1 heterocycles. The van der Waals surface area contributed by atoms with Gasteiger partial charge in [-0.2, -0.15) is 0 Å². The van der Waals surface area contributed by atoms with Gasteiger partial charge in [-0.15, -0.1) is 0 Å². The molecule has 0 aliphatic carbocycles. The van der Waals surface area contributed by atoms with Crippen LogP contribution in [0.15, 0.2) is 0 Å². The van der Waals surface area contributed by atoms with Crippen molar-refractivity contribution < 1.29 is 9.90 Å². The van der Waals surface area contributed by atoms with Crippen LogP contribution < -0.4 is 0 Å². The quantitative estimate of drug-likeness (QED) is 0.774. The van der Waals surface area contributed by atoms with Crippen molar-refractivity contribution in [3.63, 3.8) is 0 Å². The zero-order valence-electron chi connectivity index (χ0n) is 10.1. The van der Waals surface area contributed by atoms with Crippen LogP contribution in [0.3, 0.4) is 0 Å². The summed E-state index contributed by atoms with van der Waals surface area (Å²) < 4.78 is 0. The minimum Gasteiger partial charge on any atom is -0.396 e. The van der Waals surface area contributed by atoms with Gasteiger partial charge in [-0.1, -0.05) is 20.8 Å². The molecule has 15 heavy (non-hydrogen) atoms. The van der Waals surface area contributed by atoms with E-state index >= 15 is 0 Å². The second-order valence-corrected chi connectivity index (χ2v) is 5.52. The Morgan fingerprint density at radius 1 is 1.47 bits per heavy atom. The van der Waals surface area contributed by atoms with E-state index in [-0.39, 0.29) is 12.5 Å². The van der Waals surface area contributed by atoms with Gasteiger partial charge in [0.05, 0.1) is 0 Å². The first-order valence-corrected chi connectivity index (χ1v) is 5.84. The normalized spacial score (nSPS) is 22.1. The van der Waals surface area contributed by atoms with Gasteiger partial charge in [0.25, 0.3) is 0 Å². The molecule has 88 valence electrons. The maximum atomic E-state index is 11.7. The topological polar surface area (TPSA) is 40.5 Å². The Morgan fingerprint density at radius 3 is 2.60 bits per heavy atom. The van der Waals surface area contributed by atoms with Crippen molar-refractivity contribution in [1.82, 2.24) is 4.90 Å². The van der Waals surface area contributed by atoms with Crippen molar-refractivity contribution in [3.05, 3.63) is 0 Å². The number of rotatable bonds is 3. The molecule has 1 unspecified atom stereocenters. The van der Waals surface area contributed by atoms with Crippen LogP contribution in [-0.2, 0) is 4.79 Å². The van der Waals surface area contributed by atoms with Crippen LogP contribution in [-0.4, -0.2) is 35.6 Å². The second kappa shape index (κ2) is 4.97. The van der Waals surface area contributed by atoms with Crippen LogP contribution in [0.25, 0.3) is 0 Å². The first-order valence-electron chi connectivity index (χ1n) is 5.84. The zero-order valence-corrected chi connectivity index (χ0v) is 10.1. The molecule has 1 amide bonds. The lowest BCUT2D eigenvalue weighted by Crippen LogP contribution is -2.31. The highest BCUT2D eigenvalue weighted by molar-refractivity contribution is 5.76. The number of hydrogen-bond acceptors (Lipinski definition) is 2. The number of amides is 1. The highest BCUT2D eigenvalue weighted by atomic mass is 16.3. The summed E-state index contributed by atoms with van der Waals surface area (Å²) in [4.78, 5) is 13.6. The van der Waals surface area contributed by atoms with Crippen LogP contribution in [0, 0.1) is 11.3 Å². The smallest absolute Gasteiger partial charge is 0.222 e. The molecule has 3 nitrogen and oxygen atoms in total. The maximum absolute atomic E-state index is 11.7. The Bertz CT molecular complexity index is 220. The average molecular weight is 213 g/mol. The maximum Gasteiger partial charge on any atom is 0.222 e. The molecular formula is C12H23NO2. The van der Waals surface area contributed by atoms with Crippen molar-refractivity contribution in [3.8, 4) is 0 Å². The lowest BCUT2D eigenvalue weighted by molar-refractivity contribution is -0.130. The molecule has 1 aliphatic heterocycles. The molecule has 0 aromatic heterocycles. The summed E-state index contributed by atoms with van der Waals surface area (Å²) in [6, 6.07) is 0. The van der Waals surface area contributed by atoms with Crippen molar-refractivity contribution in [2.45, 2.75) is 40.0 Å². The standard InChI is InChI=1S/C12H23NO2/c1-12(2,3)10-6-7-13(9-10)11(15)5-4-8-14/h10,14H,4-9H2,1-3H3. The third kappa shape index (κ3) is 3.49. The Balaban J connectivity index is 2.39. The number of hydrogen-bond donors (Lipinski definition) is 1. The molecular weight excluding hydrogens is 190 g/mol. The van der Waals surface area contributed by atoms with Crippen molar-refractivity contribution in [1.29, 1.82) is 0 Å². The van der Waals surface area contributed by atoms with Gasteiger partial charge in [-0.3, -0.25) is 4.79 Å². The minimum atomic E-state index is 0.113. The van der Waals surface area contributed by atoms with Gasteiger partial charge in [0.2, 0.25) is 5.91 Å². The molecule has 0 radical (unpaired) electrons. The number of carbonyl (C=O) groups is 1. The Kier molecular flexibility index (Phi) is 4.14. The van der Waals surface area contributed by atoms with Gasteiger partial charge in [0.1, 0.15) is 0 Å². The van der Waals surface area contributed by atoms with Crippen LogP contribution in [0.2, 0.25) is 0 Å². The van der Waals surface area contributed by atoms with Gasteiger partial charge in [0, 0.05) is 26.1 Å². The molecule has 3 heteroatoms. The predicted molar refractivity (Wildman–Crippen MR) is 60.5 cm³/mol. The van der Waals surface area contributed by atoms with E-state index in [1.165, 1.54) is 0 Å². The summed E-state index contributed by atoms with van der Waals surface area (Å²) in [5, 5.41) is 8.67. The SMILES string of the molecule is CC(C)(C)C1CCN(C(=O)CCCO)C1. The summed E-state index contributed by atoms with van der Waals surface area (Å²) in [7, 11) is 0. The summed E-state index contributed by atoms with van der Waals surface area (Å²) in [5.74, 6) is 0.825. The van der Waals surface area contributed by atoms with E-state index in [0.717, 1.165) is 19.5 Å². The number of carbonyl (C=O) groups excluding carboxylic acids is 1. The van der Waals surface area contributed by atoms with E-state index in [1.54, 1.807) is 0 Å². The van der Waals surface area contributed by atoms with Crippen LogP contribution >= 0.6 is 0 Å². The van der Waals surface area contributed by atoms with E-state index in [9.17, 15) is 4.79 Å². The number of aliphatic hydroxyl groups excluding tert-OH is 1.